The normalized spacial score (nSPS) is 20.3. The van der Waals surface area contributed by atoms with Crippen LogP contribution in [0.4, 0.5) is 18.0 Å². The average Bonchev–Trinajstić information content (AvgIpc) is 3.71. The van der Waals surface area contributed by atoms with Crippen molar-refractivity contribution in [2.24, 2.45) is 0 Å². The largest absolute Gasteiger partial charge is 0.488 e. The molecule has 0 bridgehead atoms. The number of carbonyl (C=O) groups is 3. The van der Waals surface area contributed by atoms with E-state index >= 15 is 0 Å². The van der Waals surface area contributed by atoms with Crippen molar-refractivity contribution in [1.82, 2.24) is 19.9 Å². The highest BCUT2D eigenvalue weighted by Gasteiger charge is 2.47. The van der Waals surface area contributed by atoms with Crippen LogP contribution in [-0.2, 0) is 30.5 Å². The van der Waals surface area contributed by atoms with Crippen molar-refractivity contribution in [2.45, 2.75) is 94.5 Å². The first-order valence-corrected chi connectivity index (χ1v) is 16.0. The molecule has 1 aromatic heterocycles. The lowest BCUT2D eigenvalue weighted by molar-refractivity contribution is -0.141. The SMILES string of the molecule is C=CCC[C@](C)(NC(=O)[C@@H]1C[C@@H](Oc2cc(C(F)(F)F)nc3ccccc23)CN1C(=O)OC(C)(C)C)C(=O)NS(=O)(=O)C1CC1. The predicted molar refractivity (Wildman–Crippen MR) is 159 cm³/mol. The molecule has 1 saturated carbocycles. The average molecular weight is 655 g/mol. The van der Waals surface area contributed by atoms with Gasteiger partial charge < -0.3 is 14.8 Å². The smallest absolute Gasteiger partial charge is 0.433 e. The number of alkyl halides is 3. The van der Waals surface area contributed by atoms with Crippen LogP contribution in [0.25, 0.3) is 10.9 Å². The van der Waals surface area contributed by atoms with Gasteiger partial charge in [0.1, 0.15) is 34.7 Å². The van der Waals surface area contributed by atoms with Crippen LogP contribution in [-0.4, -0.2) is 71.3 Å². The number of hydrogen-bond donors (Lipinski definition) is 2. The van der Waals surface area contributed by atoms with E-state index in [1.165, 1.54) is 25.1 Å². The highest BCUT2D eigenvalue weighted by molar-refractivity contribution is 7.90. The number of amides is 3. The molecule has 3 atom stereocenters. The third kappa shape index (κ3) is 8.24. The number of nitrogens with zero attached hydrogens (tertiary/aromatic N) is 2. The molecule has 1 aromatic carbocycles. The van der Waals surface area contributed by atoms with Crippen LogP contribution in [0.15, 0.2) is 43.0 Å². The number of allylic oxidation sites excluding steroid dienone is 1. The van der Waals surface area contributed by atoms with Crippen LogP contribution in [0.3, 0.4) is 0 Å². The molecule has 2 aliphatic rings. The van der Waals surface area contributed by atoms with Crippen LogP contribution in [0.2, 0.25) is 0 Å². The quantitative estimate of drug-likeness (QED) is 0.358. The van der Waals surface area contributed by atoms with Crippen molar-refractivity contribution in [2.75, 3.05) is 6.54 Å². The van der Waals surface area contributed by atoms with E-state index in [0.717, 1.165) is 11.0 Å². The van der Waals surface area contributed by atoms with Gasteiger partial charge in [-0.2, -0.15) is 13.2 Å². The number of rotatable bonds is 10. The second kappa shape index (κ2) is 12.5. The zero-order chi connectivity index (χ0) is 33.4. The van der Waals surface area contributed by atoms with Gasteiger partial charge in [-0.3, -0.25) is 19.2 Å². The minimum atomic E-state index is -4.76. The van der Waals surface area contributed by atoms with Crippen LogP contribution >= 0.6 is 0 Å². The molecule has 1 aliphatic heterocycles. The Morgan fingerprint density at radius 3 is 2.40 bits per heavy atom. The van der Waals surface area contributed by atoms with Crippen molar-refractivity contribution >= 4 is 38.8 Å². The van der Waals surface area contributed by atoms with Gasteiger partial charge >= 0.3 is 12.3 Å². The Bertz CT molecular complexity index is 1590. The zero-order valence-electron chi connectivity index (χ0n) is 25.4. The molecule has 246 valence electrons. The third-order valence-corrected chi connectivity index (χ3v) is 9.22. The maximum Gasteiger partial charge on any atom is 0.433 e. The van der Waals surface area contributed by atoms with Crippen LogP contribution < -0.4 is 14.8 Å². The molecule has 2 aromatic rings. The molecule has 3 amide bonds. The number of ether oxygens (including phenoxy) is 2. The van der Waals surface area contributed by atoms with Crippen LogP contribution in [0.1, 0.15) is 65.5 Å². The Hall–Kier alpha value is -3.88. The van der Waals surface area contributed by atoms with E-state index in [-0.39, 0.29) is 37.1 Å². The van der Waals surface area contributed by atoms with Gasteiger partial charge in [-0.25, -0.2) is 18.2 Å². The lowest BCUT2D eigenvalue weighted by Crippen LogP contribution is -2.61. The summed E-state index contributed by atoms with van der Waals surface area (Å²) in [6, 6.07) is 5.60. The molecule has 4 rings (SSSR count). The van der Waals surface area contributed by atoms with E-state index in [1.807, 2.05) is 0 Å². The molecule has 2 N–H and O–H groups in total. The molecule has 2 fully saturated rings. The van der Waals surface area contributed by atoms with Gasteiger partial charge in [0.25, 0.3) is 5.91 Å². The Kier molecular flexibility index (Phi) is 9.44. The standard InChI is InChI=1S/C30H37F3N4O7S/c1-6-7-14-29(5,26(39)36-45(41,42)19-12-13-19)35-25(38)22-15-18(17-37(22)27(40)44-28(2,3)4)43-23-16-24(30(31,32)33)34-21-11-9-8-10-20(21)23/h6,8-11,16,18-19,22H,1,7,12-15,17H2,2-5H3,(H,35,38)(H,36,39)/t18-,22+,29+/m1/s1. The van der Waals surface area contributed by atoms with Crippen molar-refractivity contribution in [3.05, 3.63) is 48.7 Å². The number of nitrogens with one attached hydrogen (secondary N) is 2. The molecule has 0 unspecified atom stereocenters. The fraction of sp³-hybridized carbons (Fsp3) is 0.533. The summed E-state index contributed by atoms with van der Waals surface area (Å²) in [4.78, 5) is 45.1. The van der Waals surface area contributed by atoms with E-state index in [4.69, 9.17) is 9.47 Å². The van der Waals surface area contributed by atoms with Gasteiger partial charge in [-0.15, -0.1) is 6.58 Å². The van der Waals surface area contributed by atoms with Gasteiger partial charge in [0.05, 0.1) is 17.3 Å². The second-order valence-corrected chi connectivity index (χ2v) is 14.4. The summed E-state index contributed by atoms with van der Waals surface area (Å²) < 4.78 is 79.5. The molecular weight excluding hydrogens is 617 g/mol. The van der Waals surface area contributed by atoms with Crippen LogP contribution in [0, 0.1) is 0 Å². The molecule has 2 heterocycles. The Balaban J connectivity index is 1.63. The lowest BCUT2D eigenvalue weighted by Gasteiger charge is -2.33. The molecule has 11 nitrogen and oxygen atoms in total. The highest BCUT2D eigenvalue weighted by atomic mass is 32.2. The minimum absolute atomic E-state index is 0.00340. The van der Waals surface area contributed by atoms with E-state index in [0.29, 0.717) is 18.2 Å². The first-order valence-electron chi connectivity index (χ1n) is 14.5. The minimum Gasteiger partial charge on any atom is -0.488 e. The summed E-state index contributed by atoms with van der Waals surface area (Å²) in [7, 11) is -3.94. The summed E-state index contributed by atoms with van der Waals surface area (Å²) in [6.07, 6.45) is -4.16. The van der Waals surface area contributed by atoms with Crippen molar-refractivity contribution < 1.29 is 45.4 Å². The summed E-state index contributed by atoms with van der Waals surface area (Å²) in [5.74, 6) is -1.88. The monoisotopic (exact) mass is 654 g/mol. The maximum absolute atomic E-state index is 13.8. The maximum atomic E-state index is 13.8. The summed E-state index contributed by atoms with van der Waals surface area (Å²) in [5, 5.41) is 2.23. The van der Waals surface area contributed by atoms with Gasteiger partial charge in [-0.1, -0.05) is 18.2 Å². The lowest BCUT2D eigenvalue weighted by atomic mass is 9.94. The van der Waals surface area contributed by atoms with E-state index in [2.05, 4.69) is 21.6 Å². The summed E-state index contributed by atoms with van der Waals surface area (Å²) in [6.45, 7) is 9.66. The summed E-state index contributed by atoms with van der Waals surface area (Å²) in [5.41, 5.74) is -3.79. The number of halogens is 3. The Morgan fingerprint density at radius 2 is 1.80 bits per heavy atom. The van der Waals surface area contributed by atoms with Gasteiger partial charge in [0, 0.05) is 17.9 Å². The Labute approximate surface area is 259 Å². The van der Waals surface area contributed by atoms with Gasteiger partial charge in [0.15, 0.2) is 0 Å². The van der Waals surface area contributed by atoms with Gasteiger partial charge in [-0.05, 0) is 65.5 Å². The second-order valence-electron chi connectivity index (χ2n) is 12.5. The number of sulfonamides is 1. The molecular formula is C30H37F3N4O7S. The molecule has 0 spiro atoms. The number of benzene rings is 1. The number of fused-ring (bicyclic) bond motifs is 1. The fourth-order valence-corrected chi connectivity index (χ4v) is 6.31. The molecule has 0 radical (unpaired) electrons. The molecule has 15 heteroatoms. The molecule has 1 saturated heterocycles. The van der Waals surface area contributed by atoms with Crippen molar-refractivity contribution in [1.29, 1.82) is 0 Å². The highest BCUT2D eigenvalue weighted by Crippen LogP contribution is 2.36. The van der Waals surface area contributed by atoms with E-state index < -0.39 is 68.3 Å². The van der Waals surface area contributed by atoms with E-state index in [1.54, 1.807) is 32.9 Å². The van der Waals surface area contributed by atoms with Crippen molar-refractivity contribution in [3.8, 4) is 5.75 Å². The fourth-order valence-electron chi connectivity index (χ4n) is 4.90. The number of hydrogen-bond acceptors (Lipinski definition) is 8. The first-order chi connectivity index (χ1) is 20.8. The third-order valence-electron chi connectivity index (χ3n) is 7.40. The zero-order valence-corrected chi connectivity index (χ0v) is 26.3. The first kappa shape index (κ1) is 34.0. The number of likely N-dealkylation sites (tertiary alicyclic amines) is 1. The van der Waals surface area contributed by atoms with Crippen LogP contribution in [0.5, 0.6) is 5.75 Å². The van der Waals surface area contributed by atoms with E-state index in [9.17, 15) is 36.0 Å². The van der Waals surface area contributed by atoms with Crippen molar-refractivity contribution in [3.63, 3.8) is 0 Å². The predicted octanol–water partition coefficient (Wildman–Crippen LogP) is 4.46. The number of para-hydroxylation sites is 1. The molecule has 45 heavy (non-hydrogen) atoms. The number of pyridine rings is 1. The van der Waals surface area contributed by atoms with Gasteiger partial charge in [0.2, 0.25) is 15.9 Å². The number of carbonyl (C=O) groups excluding carboxylic acids is 3. The molecule has 1 aliphatic carbocycles. The Morgan fingerprint density at radius 1 is 1.13 bits per heavy atom. The number of aromatic nitrogens is 1. The summed E-state index contributed by atoms with van der Waals surface area (Å²) >= 11 is 0. The topological polar surface area (TPSA) is 144 Å².